The topological polar surface area (TPSA) is 78.3 Å². The van der Waals surface area contributed by atoms with Crippen molar-refractivity contribution >= 4 is 17.7 Å². The predicted octanol–water partition coefficient (Wildman–Crippen LogP) is 5.80. The molecule has 0 atom stereocenters. The number of nitrogens with one attached hydrogen (secondary N) is 1. The maximum absolute atomic E-state index is 12.4. The molecule has 0 saturated carbocycles. The van der Waals surface area contributed by atoms with Crippen molar-refractivity contribution in [3.05, 3.63) is 83.4 Å². The van der Waals surface area contributed by atoms with Gasteiger partial charge in [-0.15, -0.1) is 10.2 Å². The fourth-order valence-electron chi connectivity index (χ4n) is 4.05. The number of amides is 1. The Bertz CT molecular complexity index is 1350. The zero-order valence-corrected chi connectivity index (χ0v) is 23.2. The number of nitrogens with zero attached hydrogens (tertiary/aromatic N) is 3. The van der Waals surface area contributed by atoms with E-state index in [-0.39, 0.29) is 5.91 Å². The highest BCUT2D eigenvalue weighted by atomic mass is 32.2. The maximum Gasteiger partial charge on any atom is 0.220 e. The minimum Gasteiger partial charge on any atom is -0.493 e. The molecular weight excluding hydrogens is 496 g/mol. The molecule has 1 N–H and O–H groups in total. The molecule has 0 spiro atoms. The van der Waals surface area contributed by atoms with Gasteiger partial charge in [-0.1, -0.05) is 65.4 Å². The molecule has 38 heavy (non-hydrogen) atoms. The Hall–Kier alpha value is -3.78. The third-order valence-corrected chi connectivity index (χ3v) is 7.21. The van der Waals surface area contributed by atoms with Crippen molar-refractivity contribution in [3.63, 3.8) is 0 Å². The van der Waals surface area contributed by atoms with Crippen molar-refractivity contribution in [1.82, 2.24) is 20.1 Å². The molecule has 0 radical (unpaired) electrons. The zero-order chi connectivity index (χ0) is 26.9. The van der Waals surface area contributed by atoms with Crippen LogP contribution < -0.4 is 14.8 Å². The Morgan fingerprint density at radius 2 is 1.58 bits per heavy atom. The molecule has 0 saturated heterocycles. The molecule has 8 heteroatoms. The first kappa shape index (κ1) is 27.3. The molecule has 1 amide bonds. The molecule has 4 rings (SSSR count). The molecule has 7 nitrogen and oxygen atoms in total. The molecule has 0 aliphatic carbocycles. The van der Waals surface area contributed by atoms with Gasteiger partial charge in [0.1, 0.15) is 0 Å². The average Bonchev–Trinajstić information content (AvgIpc) is 3.35. The number of benzene rings is 3. The monoisotopic (exact) mass is 530 g/mol. The largest absolute Gasteiger partial charge is 0.493 e. The van der Waals surface area contributed by atoms with Crippen LogP contribution in [0.3, 0.4) is 0 Å². The number of hydrogen-bond donors (Lipinski definition) is 1. The van der Waals surface area contributed by atoms with Crippen LogP contribution >= 0.6 is 11.8 Å². The minimum absolute atomic E-state index is 0.0476. The van der Waals surface area contributed by atoms with Crippen LogP contribution in [-0.4, -0.2) is 47.2 Å². The van der Waals surface area contributed by atoms with E-state index in [4.69, 9.17) is 9.47 Å². The van der Waals surface area contributed by atoms with E-state index >= 15 is 0 Å². The van der Waals surface area contributed by atoms with E-state index in [1.807, 2.05) is 18.2 Å². The molecule has 0 aliphatic rings. The Morgan fingerprint density at radius 1 is 0.895 bits per heavy atom. The van der Waals surface area contributed by atoms with Crippen LogP contribution in [0.4, 0.5) is 0 Å². The first-order valence-corrected chi connectivity index (χ1v) is 13.7. The quantitative estimate of drug-likeness (QED) is 0.184. The summed E-state index contributed by atoms with van der Waals surface area (Å²) >= 11 is 1.62. The third-order valence-electron chi connectivity index (χ3n) is 6.20. The number of aromatic nitrogens is 3. The number of aryl methyl sites for hydroxylation is 2. The predicted molar refractivity (Wildman–Crippen MR) is 152 cm³/mol. The lowest BCUT2D eigenvalue weighted by Gasteiger charge is -2.11. The average molecular weight is 531 g/mol. The molecule has 198 valence electrons. The zero-order valence-electron chi connectivity index (χ0n) is 22.4. The summed E-state index contributed by atoms with van der Waals surface area (Å²) in [5.41, 5.74) is 5.52. The molecule has 0 unspecified atom stereocenters. The van der Waals surface area contributed by atoms with E-state index in [1.165, 1.54) is 11.1 Å². The van der Waals surface area contributed by atoms with Crippen LogP contribution in [0.15, 0.2) is 71.9 Å². The van der Waals surface area contributed by atoms with Gasteiger partial charge in [0.05, 0.1) is 14.2 Å². The number of carbonyl (C=O) groups excluding carboxylic acids is 1. The van der Waals surface area contributed by atoms with E-state index in [0.29, 0.717) is 24.5 Å². The van der Waals surface area contributed by atoms with Gasteiger partial charge in [-0.2, -0.15) is 0 Å². The second kappa shape index (κ2) is 13.1. The Morgan fingerprint density at radius 3 is 2.26 bits per heavy atom. The van der Waals surface area contributed by atoms with Gasteiger partial charge in [0, 0.05) is 30.0 Å². The maximum atomic E-state index is 12.4. The molecule has 0 fully saturated rings. The molecule has 0 bridgehead atoms. The molecule has 1 aromatic heterocycles. The van der Waals surface area contributed by atoms with Gasteiger partial charge in [-0.05, 0) is 56.5 Å². The van der Waals surface area contributed by atoms with Crippen LogP contribution in [0.1, 0.15) is 29.5 Å². The molecule has 4 aromatic rings. The van der Waals surface area contributed by atoms with Crippen molar-refractivity contribution in [2.45, 2.75) is 38.3 Å². The number of hydrogen-bond acceptors (Lipinski definition) is 6. The fourth-order valence-corrected chi connectivity index (χ4v) is 4.94. The summed E-state index contributed by atoms with van der Waals surface area (Å²) in [5, 5.41) is 12.8. The Kier molecular flexibility index (Phi) is 9.43. The van der Waals surface area contributed by atoms with Gasteiger partial charge in [0.25, 0.3) is 0 Å². The number of methoxy groups -OCH3 is 2. The highest BCUT2D eigenvalue weighted by Crippen LogP contribution is 2.29. The summed E-state index contributed by atoms with van der Waals surface area (Å²) < 4.78 is 12.7. The first-order valence-electron chi connectivity index (χ1n) is 12.7. The van der Waals surface area contributed by atoms with E-state index < -0.39 is 0 Å². The lowest BCUT2D eigenvalue weighted by Crippen LogP contribution is -2.25. The van der Waals surface area contributed by atoms with E-state index in [0.717, 1.165) is 46.4 Å². The second-order valence-electron chi connectivity index (χ2n) is 9.08. The van der Waals surface area contributed by atoms with Crippen LogP contribution in [0.25, 0.3) is 17.1 Å². The standard InChI is InChI=1S/C30H34N4O3S/c1-21-7-12-24(13-8-21)29-32-33-30(34(29)25-14-9-22(2)10-15-25)38-19-5-6-28(35)31-18-17-23-11-16-26(36-3)27(20-23)37-4/h7-16,20H,5-6,17-19H2,1-4H3,(H,31,35). The van der Waals surface area contributed by atoms with Crippen molar-refractivity contribution in [2.24, 2.45) is 0 Å². The molecule has 0 aliphatic heterocycles. The number of carbonyl (C=O) groups is 1. The summed E-state index contributed by atoms with van der Waals surface area (Å²) in [5.74, 6) is 3.01. The van der Waals surface area contributed by atoms with Gasteiger partial charge >= 0.3 is 0 Å². The molecule has 1 heterocycles. The number of thioether (sulfide) groups is 1. The summed E-state index contributed by atoms with van der Waals surface area (Å²) in [6.07, 6.45) is 1.93. The van der Waals surface area contributed by atoms with E-state index in [9.17, 15) is 4.79 Å². The lowest BCUT2D eigenvalue weighted by atomic mass is 10.1. The first-order chi connectivity index (χ1) is 18.5. The number of rotatable bonds is 12. The normalized spacial score (nSPS) is 10.8. The van der Waals surface area contributed by atoms with Gasteiger partial charge < -0.3 is 14.8 Å². The Labute approximate surface area is 228 Å². The fraction of sp³-hybridized carbons (Fsp3) is 0.300. The molecular formula is C30H34N4O3S. The Balaban J connectivity index is 1.32. The highest BCUT2D eigenvalue weighted by Gasteiger charge is 2.16. The van der Waals surface area contributed by atoms with Gasteiger partial charge in [0.2, 0.25) is 5.91 Å². The summed E-state index contributed by atoms with van der Waals surface area (Å²) in [4.78, 5) is 12.4. The van der Waals surface area contributed by atoms with Gasteiger partial charge in [-0.3, -0.25) is 9.36 Å². The summed E-state index contributed by atoms with van der Waals surface area (Å²) in [6, 6.07) is 22.5. The molecule has 3 aromatic carbocycles. The van der Waals surface area contributed by atoms with E-state index in [2.05, 4.69) is 82.5 Å². The van der Waals surface area contributed by atoms with Crippen molar-refractivity contribution < 1.29 is 14.3 Å². The van der Waals surface area contributed by atoms with Crippen LogP contribution in [0.5, 0.6) is 11.5 Å². The third kappa shape index (κ3) is 6.95. The van der Waals surface area contributed by atoms with Crippen molar-refractivity contribution in [1.29, 1.82) is 0 Å². The van der Waals surface area contributed by atoms with Crippen LogP contribution in [-0.2, 0) is 11.2 Å². The van der Waals surface area contributed by atoms with Gasteiger partial charge in [-0.25, -0.2) is 0 Å². The van der Waals surface area contributed by atoms with Crippen molar-refractivity contribution in [2.75, 3.05) is 26.5 Å². The number of ether oxygens (including phenoxy) is 2. The van der Waals surface area contributed by atoms with Crippen LogP contribution in [0, 0.1) is 13.8 Å². The SMILES string of the molecule is COc1ccc(CCNC(=O)CCCSc2nnc(-c3ccc(C)cc3)n2-c2ccc(C)cc2)cc1OC. The van der Waals surface area contributed by atoms with E-state index in [1.54, 1.807) is 26.0 Å². The van der Waals surface area contributed by atoms with Crippen LogP contribution in [0.2, 0.25) is 0 Å². The second-order valence-corrected chi connectivity index (χ2v) is 10.1. The van der Waals surface area contributed by atoms with Gasteiger partial charge in [0.15, 0.2) is 22.5 Å². The summed E-state index contributed by atoms with van der Waals surface area (Å²) in [7, 11) is 3.24. The smallest absolute Gasteiger partial charge is 0.220 e. The minimum atomic E-state index is 0.0476. The lowest BCUT2D eigenvalue weighted by molar-refractivity contribution is -0.121. The highest BCUT2D eigenvalue weighted by molar-refractivity contribution is 7.99. The summed E-state index contributed by atoms with van der Waals surface area (Å²) in [6.45, 7) is 4.72. The van der Waals surface area contributed by atoms with Crippen molar-refractivity contribution in [3.8, 4) is 28.6 Å².